The summed E-state index contributed by atoms with van der Waals surface area (Å²) in [5.74, 6) is -9.75. The molecule has 0 spiro atoms. The predicted octanol–water partition coefficient (Wildman–Crippen LogP) is 4.86. The lowest BCUT2D eigenvalue weighted by Gasteiger charge is -2.19. The minimum absolute atomic E-state index is 0.0439. The van der Waals surface area contributed by atoms with E-state index < -0.39 is 46.3 Å². The standard InChI is InChI=1S/C24H21F6N3O4/c25-13-10-17-23(21(29)19(13)27)32-3-5-34-15-2-1-12(31)9-16(15)35-6-4-33-24-18(37-8-7-36-17)11-14(26)20(28)22(24)30/h1-2,9-11,32-33H,3-8,31H2. The van der Waals surface area contributed by atoms with Gasteiger partial charge in [-0.3, -0.25) is 0 Å². The molecule has 3 aromatic carbocycles. The zero-order valence-electron chi connectivity index (χ0n) is 19.1. The molecule has 0 unspecified atom stereocenters. The van der Waals surface area contributed by atoms with Crippen LogP contribution < -0.4 is 35.3 Å². The van der Waals surface area contributed by atoms with Crippen LogP contribution in [0.5, 0.6) is 23.0 Å². The number of rotatable bonds is 0. The number of nitrogens with one attached hydrogen (secondary N) is 2. The van der Waals surface area contributed by atoms with Crippen LogP contribution in [0.15, 0.2) is 30.3 Å². The molecule has 0 saturated heterocycles. The van der Waals surface area contributed by atoms with Gasteiger partial charge in [0.15, 0.2) is 46.4 Å². The minimum Gasteiger partial charge on any atom is -0.488 e. The molecule has 0 bridgehead atoms. The Morgan fingerprint density at radius 1 is 0.541 bits per heavy atom. The van der Waals surface area contributed by atoms with Gasteiger partial charge in [0.2, 0.25) is 0 Å². The summed E-state index contributed by atoms with van der Waals surface area (Å²) in [6.07, 6.45) is 0. The first-order valence-electron chi connectivity index (χ1n) is 11.0. The summed E-state index contributed by atoms with van der Waals surface area (Å²) in [6.45, 7) is -0.954. The number of nitrogens with two attached hydrogens (primary N) is 1. The van der Waals surface area contributed by atoms with Crippen molar-refractivity contribution in [3.63, 3.8) is 0 Å². The molecule has 4 N–H and O–H groups in total. The molecule has 0 fully saturated rings. The third kappa shape index (κ3) is 5.81. The van der Waals surface area contributed by atoms with Crippen LogP contribution in [-0.2, 0) is 0 Å². The van der Waals surface area contributed by atoms with Gasteiger partial charge in [0, 0.05) is 37.0 Å². The molecule has 1 heterocycles. The maximum atomic E-state index is 14.5. The number of nitrogen functional groups attached to an aromatic ring is 1. The van der Waals surface area contributed by atoms with E-state index in [0.717, 1.165) is 0 Å². The number of hydrogen-bond acceptors (Lipinski definition) is 7. The summed E-state index contributed by atoms with van der Waals surface area (Å²) >= 11 is 0. The van der Waals surface area contributed by atoms with E-state index in [1.165, 1.54) is 12.1 Å². The van der Waals surface area contributed by atoms with E-state index in [2.05, 4.69) is 10.6 Å². The SMILES string of the molecule is Nc1ccc2c(c1)OCCNc1c(cc(F)c(F)c1F)OCCOc1cc(F)c(F)c(F)c1NCCO2. The fourth-order valence-electron chi connectivity index (χ4n) is 3.44. The van der Waals surface area contributed by atoms with E-state index in [0.29, 0.717) is 17.8 Å². The second-order valence-corrected chi connectivity index (χ2v) is 7.67. The Labute approximate surface area is 207 Å². The Balaban J connectivity index is 1.65. The molecule has 3 aromatic rings. The molecule has 37 heavy (non-hydrogen) atoms. The molecular formula is C24H21F6N3O4. The Kier molecular flexibility index (Phi) is 7.89. The van der Waals surface area contributed by atoms with Crippen LogP contribution in [0.2, 0.25) is 0 Å². The van der Waals surface area contributed by atoms with Crippen molar-refractivity contribution in [2.75, 3.05) is 55.9 Å². The van der Waals surface area contributed by atoms with Crippen molar-refractivity contribution in [1.82, 2.24) is 0 Å². The number of benzene rings is 3. The van der Waals surface area contributed by atoms with Crippen LogP contribution in [-0.4, -0.2) is 39.5 Å². The molecule has 13 heteroatoms. The van der Waals surface area contributed by atoms with Gasteiger partial charge in [-0.1, -0.05) is 0 Å². The van der Waals surface area contributed by atoms with Gasteiger partial charge in [-0.25, -0.2) is 26.3 Å². The van der Waals surface area contributed by atoms with Crippen LogP contribution in [0.3, 0.4) is 0 Å². The lowest BCUT2D eigenvalue weighted by molar-refractivity contribution is 0.215. The van der Waals surface area contributed by atoms with Gasteiger partial charge in [-0.05, 0) is 12.1 Å². The molecule has 0 amide bonds. The Morgan fingerprint density at radius 2 is 1.00 bits per heavy atom. The van der Waals surface area contributed by atoms with Crippen molar-refractivity contribution >= 4 is 17.1 Å². The van der Waals surface area contributed by atoms with Gasteiger partial charge in [-0.15, -0.1) is 0 Å². The van der Waals surface area contributed by atoms with Gasteiger partial charge >= 0.3 is 0 Å². The summed E-state index contributed by atoms with van der Waals surface area (Å²) in [5, 5.41) is 5.18. The Hall–Kier alpha value is -4.16. The minimum atomic E-state index is -1.71. The zero-order valence-corrected chi connectivity index (χ0v) is 19.1. The van der Waals surface area contributed by atoms with Gasteiger partial charge in [0.1, 0.15) is 49.3 Å². The smallest absolute Gasteiger partial charge is 0.196 e. The van der Waals surface area contributed by atoms with E-state index in [-0.39, 0.29) is 62.5 Å². The molecule has 4 rings (SSSR count). The molecule has 1 aliphatic heterocycles. The monoisotopic (exact) mass is 529 g/mol. The van der Waals surface area contributed by atoms with E-state index in [1.807, 2.05) is 0 Å². The maximum absolute atomic E-state index is 14.5. The normalized spacial score (nSPS) is 14.4. The van der Waals surface area contributed by atoms with E-state index in [9.17, 15) is 26.3 Å². The second-order valence-electron chi connectivity index (χ2n) is 7.67. The molecule has 198 valence electrons. The molecular weight excluding hydrogens is 508 g/mol. The first-order valence-corrected chi connectivity index (χ1v) is 11.0. The van der Waals surface area contributed by atoms with Crippen LogP contribution in [0.25, 0.3) is 0 Å². The third-order valence-corrected chi connectivity index (χ3v) is 5.14. The number of anilines is 3. The zero-order chi connectivity index (χ0) is 26.5. The first-order chi connectivity index (χ1) is 17.8. The summed E-state index contributed by atoms with van der Waals surface area (Å²) in [7, 11) is 0. The van der Waals surface area contributed by atoms with Crippen molar-refractivity contribution in [2.45, 2.75) is 0 Å². The number of ether oxygens (including phenoxy) is 4. The summed E-state index contributed by atoms with van der Waals surface area (Å²) in [6, 6.07) is 5.80. The predicted molar refractivity (Wildman–Crippen MR) is 122 cm³/mol. The van der Waals surface area contributed by atoms with Gasteiger partial charge in [0.05, 0.1) is 0 Å². The van der Waals surface area contributed by atoms with Crippen LogP contribution >= 0.6 is 0 Å². The molecule has 1 aliphatic rings. The van der Waals surface area contributed by atoms with Gasteiger partial charge in [0.25, 0.3) is 0 Å². The van der Waals surface area contributed by atoms with Crippen molar-refractivity contribution < 1.29 is 45.3 Å². The highest BCUT2D eigenvalue weighted by atomic mass is 19.2. The average molecular weight is 529 g/mol. The maximum Gasteiger partial charge on any atom is 0.196 e. The van der Waals surface area contributed by atoms with E-state index in [1.54, 1.807) is 6.07 Å². The summed E-state index contributed by atoms with van der Waals surface area (Å²) in [4.78, 5) is 0. The van der Waals surface area contributed by atoms with E-state index >= 15 is 0 Å². The van der Waals surface area contributed by atoms with Gasteiger partial charge in [-0.2, -0.15) is 0 Å². The molecule has 0 aliphatic carbocycles. The lowest BCUT2D eigenvalue weighted by Crippen LogP contribution is -2.18. The molecule has 0 radical (unpaired) electrons. The van der Waals surface area contributed by atoms with Gasteiger partial charge < -0.3 is 35.3 Å². The van der Waals surface area contributed by atoms with Crippen molar-refractivity contribution in [3.05, 3.63) is 65.2 Å². The second kappa shape index (κ2) is 11.3. The highest BCUT2D eigenvalue weighted by Crippen LogP contribution is 2.34. The van der Waals surface area contributed by atoms with Crippen molar-refractivity contribution in [1.29, 1.82) is 0 Å². The average Bonchev–Trinajstić information content (AvgIpc) is 2.87. The van der Waals surface area contributed by atoms with Crippen LogP contribution in [0.4, 0.5) is 43.4 Å². The molecule has 0 saturated carbocycles. The lowest BCUT2D eigenvalue weighted by atomic mass is 10.2. The quantitative estimate of drug-likeness (QED) is 0.218. The summed E-state index contributed by atoms with van der Waals surface area (Å²) in [5.41, 5.74) is 5.19. The largest absolute Gasteiger partial charge is 0.488 e. The molecule has 0 atom stereocenters. The third-order valence-electron chi connectivity index (χ3n) is 5.14. The van der Waals surface area contributed by atoms with Crippen molar-refractivity contribution in [2.24, 2.45) is 0 Å². The highest BCUT2D eigenvalue weighted by molar-refractivity contribution is 5.59. The van der Waals surface area contributed by atoms with Crippen LogP contribution in [0, 0.1) is 34.9 Å². The fraction of sp³-hybridized carbons (Fsp3) is 0.250. The molecule has 7 nitrogen and oxygen atoms in total. The number of halogens is 6. The Bertz CT molecular complexity index is 1290. The number of hydrogen-bond donors (Lipinski definition) is 3. The van der Waals surface area contributed by atoms with Crippen LogP contribution in [0.1, 0.15) is 0 Å². The topological polar surface area (TPSA) is 87.0 Å². The fourth-order valence-corrected chi connectivity index (χ4v) is 3.44. The molecule has 0 aromatic heterocycles. The number of fused-ring (bicyclic) bond motifs is 3. The summed E-state index contributed by atoms with van der Waals surface area (Å²) < 4.78 is 106. The first kappa shape index (κ1) is 25.9. The Morgan fingerprint density at radius 3 is 1.51 bits per heavy atom. The van der Waals surface area contributed by atoms with Crippen molar-refractivity contribution in [3.8, 4) is 23.0 Å². The highest BCUT2D eigenvalue weighted by Gasteiger charge is 2.22. The van der Waals surface area contributed by atoms with E-state index in [4.69, 9.17) is 24.7 Å².